The van der Waals surface area contributed by atoms with Crippen LogP contribution in [0.4, 0.5) is 4.79 Å². The molecule has 1 rings (SSSR count). The molecular formula is C19H27NO4. The molecular weight excluding hydrogens is 306 g/mol. The Kier molecular flexibility index (Phi) is 7.49. The number of benzene rings is 1. The van der Waals surface area contributed by atoms with Gasteiger partial charge in [0, 0.05) is 0 Å². The number of alkyl carbamates (subject to hydrolysis) is 1. The molecule has 0 spiro atoms. The number of nitrogens with one attached hydrogen (secondary N) is 1. The summed E-state index contributed by atoms with van der Waals surface area (Å²) in [7, 11) is 0. The van der Waals surface area contributed by atoms with E-state index < -0.39 is 23.7 Å². The third-order valence-electron chi connectivity index (χ3n) is 2.84. The van der Waals surface area contributed by atoms with Crippen molar-refractivity contribution in [1.82, 2.24) is 5.32 Å². The number of ether oxygens (including phenoxy) is 2. The van der Waals surface area contributed by atoms with Gasteiger partial charge in [0.2, 0.25) is 0 Å². The van der Waals surface area contributed by atoms with E-state index in [1.165, 1.54) is 0 Å². The Morgan fingerprint density at radius 3 is 2.29 bits per heavy atom. The van der Waals surface area contributed by atoms with Crippen LogP contribution >= 0.6 is 0 Å². The van der Waals surface area contributed by atoms with E-state index in [2.05, 4.69) is 5.32 Å². The Morgan fingerprint density at radius 1 is 1.12 bits per heavy atom. The van der Waals surface area contributed by atoms with Crippen molar-refractivity contribution in [3.05, 3.63) is 48.0 Å². The highest BCUT2D eigenvalue weighted by atomic mass is 16.6. The average molecular weight is 333 g/mol. The van der Waals surface area contributed by atoms with E-state index >= 15 is 0 Å². The molecule has 1 aromatic carbocycles. The molecule has 1 aromatic rings. The molecule has 1 atom stereocenters. The first kappa shape index (κ1) is 19.7. The highest BCUT2D eigenvalue weighted by Crippen LogP contribution is 2.08. The van der Waals surface area contributed by atoms with Crippen molar-refractivity contribution in [3.8, 4) is 0 Å². The minimum Gasteiger partial charge on any atom is -0.459 e. The molecule has 132 valence electrons. The third kappa shape index (κ3) is 8.36. The molecule has 5 nitrogen and oxygen atoms in total. The average Bonchev–Trinajstić information content (AvgIpc) is 2.48. The number of carbonyl (C=O) groups excluding carboxylic acids is 2. The lowest BCUT2D eigenvalue weighted by Gasteiger charge is -2.22. The van der Waals surface area contributed by atoms with Gasteiger partial charge in [0.05, 0.1) is 0 Å². The van der Waals surface area contributed by atoms with E-state index in [1.54, 1.807) is 26.8 Å². The van der Waals surface area contributed by atoms with Crippen LogP contribution in [-0.4, -0.2) is 23.7 Å². The van der Waals surface area contributed by atoms with Crippen LogP contribution in [0.2, 0.25) is 0 Å². The van der Waals surface area contributed by atoms with Gasteiger partial charge in [-0.25, -0.2) is 9.59 Å². The number of hydrogen-bond donors (Lipinski definition) is 1. The van der Waals surface area contributed by atoms with Gasteiger partial charge in [-0.05, 0) is 32.3 Å². The smallest absolute Gasteiger partial charge is 0.408 e. The van der Waals surface area contributed by atoms with Crippen LogP contribution in [0.1, 0.15) is 40.2 Å². The van der Waals surface area contributed by atoms with Crippen LogP contribution in [0, 0.1) is 5.92 Å². The van der Waals surface area contributed by atoms with Crippen molar-refractivity contribution >= 4 is 12.1 Å². The van der Waals surface area contributed by atoms with Gasteiger partial charge in [-0.1, -0.05) is 56.3 Å². The predicted molar refractivity (Wildman–Crippen MR) is 93.4 cm³/mol. The number of amides is 1. The number of hydrogen-bond acceptors (Lipinski definition) is 4. The van der Waals surface area contributed by atoms with Crippen LogP contribution in [0.3, 0.4) is 0 Å². The fourth-order valence-electron chi connectivity index (χ4n) is 1.77. The summed E-state index contributed by atoms with van der Waals surface area (Å²) in [6, 6.07) is 8.49. The van der Waals surface area contributed by atoms with E-state index in [1.807, 2.05) is 50.3 Å². The molecule has 0 aliphatic rings. The Balaban J connectivity index is 2.69. The summed E-state index contributed by atoms with van der Waals surface area (Å²) in [6.45, 7) is 9.41. The number of esters is 1. The fourth-order valence-corrected chi connectivity index (χ4v) is 1.77. The number of allylic oxidation sites excluding steroid dienone is 1. The van der Waals surface area contributed by atoms with Crippen molar-refractivity contribution in [2.45, 2.75) is 52.9 Å². The van der Waals surface area contributed by atoms with E-state index in [9.17, 15) is 9.59 Å². The second-order valence-electron chi connectivity index (χ2n) is 6.85. The Hall–Kier alpha value is -2.30. The predicted octanol–water partition coefficient (Wildman–Crippen LogP) is 3.84. The fraction of sp³-hybridized carbons (Fsp3) is 0.474. The van der Waals surface area contributed by atoms with Crippen LogP contribution in [0.15, 0.2) is 42.5 Å². The molecule has 24 heavy (non-hydrogen) atoms. The molecule has 0 radical (unpaired) electrons. The van der Waals surface area contributed by atoms with Gasteiger partial charge in [0.1, 0.15) is 18.2 Å². The summed E-state index contributed by atoms with van der Waals surface area (Å²) in [5, 5.41) is 2.54. The second kappa shape index (κ2) is 9.11. The zero-order valence-corrected chi connectivity index (χ0v) is 15.0. The highest BCUT2D eigenvalue weighted by Gasteiger charge is 2.23. The van der Waals surface area contributed by atoms with E-state index in [0.717, 1.165) is 5.56 Å². The molecule has 0 aliphatic heterocycles. The number of rotatable bonds is 6. The van der Waals surface area contributed by atoms with Gasteiger partial charge in [-0.3, -0.25) is 0 Å². The van der Waals surface area contributed by atoms with Crippen LogP contribution in [0.5, 0.6) is 0 Å². The largest absolute Gasteiger partial charge is 0.459 e. The summed E-state index contributed by atoms with van der Waals surface area (Å²) in [5.74, 6) is -0.281. The Morgan fingerprint density at radius 2 is 1.75 bits per heavy atom. The molecule has 0 saturated heterocycles. The molecule has 0 heterocycles. The van der Waals surface area contributed by atoms with Crippen molar-refractivity contribution in [2.24, 2.45) is 5.92 Å². The van der Waals surface area contributed by atoms with Crippen LogP contribution in [-0.2, 0) is 20.9 Å². The summed E-state index contributed by atoms with van der Waals surface area (Å²) in [4.78, 5) is 24.2. The Labute approximate surface area is 144 Å². The van der Waals surface area contributed by atoms with Gasteiger partial charge in [-0.15, -0.1) is 0 Å². The van der Waals surface area contributed by atoms with Crippen molar-refractivity contribution in [3.63, 3.8) is 0 Å². The first-order valence-corrected chi connectivity index (χ1v) is 8.06. The first-order chi connectivity index (χ1) is 11.2. The zero-order valence-electron chi connectivity index (χ0n) is 15.0. The lowest BCUT2D eigenvalue weighted by Crippen LogP contribution is -2.43. The Bertz CT molecular complexity index is 558. The maximum Gasteiger partial charge on any atom is 0.408 e. The van der Waals surface area contributed by atoms with Crippen molar-refractivity contribution in [2.75, 3.05) is 0 Å². The monoisotopic (exact) mass is 333 g/mol. The molecule has 1 amide bonds. The van der Waals surface area contributed by atoms with E-state index in [0.29, 0.717) is 0 Å². The van der Waals surface area contributed by atoms with Gasteiger partial charge >= 0.3 is 12.1 Å². The lowest BCUT2D eigenvalue weighted by molar-refractivity contribution is -0.146. The minimum absolute atomic E-state index is 0.154. The summed E-state index contributed by atoms with van der Waals surface area (Å²) in [5.41, 5.74) is 0.249. The van der Waals surface area contributed by atoms with Crippen molar-refractivity contribution in [1.29, 1.82) is 0 Å². The topological polar surface area (TPSA) is 64.6 Å². The number of carbonyl (C=O) groups is 2. The van der Waals surface area contributed by atoms with Gasteiger partial charge in [-0.2, -0.15) is 0 Å². The quantitative estimate of drug-likeness (QED) is 0.634. The molecule has 0 aromatic heterocycles. The normalized spacial score (nSPS) is 12.9. The molecule has 5 heteroatoms. The van der Waals surface area contributed by atoms with Gasteiger partial charge < -0.3 is 14.8 Å². The zero-order chi connectivity index (χ0) is 18.2. The maximum absolute atomic E-state index is 12.3. The standard InChI is InChI=1S/C19H27NO4/c1-14(2)11-12-16(20-18(22)24-19(3,4)5)17(21)23-13-15-9-7-6-8-10-15/h6-12,14,16H,13H2,1-5H3,(H,20,22)/b12-11+. The van der Waals surface area contributed by atoms with Gasteiger partial charge in [0.15, 0.2) is 0 Å². The second-order valence-corrected chi connectivity index (χ2v) is 6.85. The van der Waals surface area contributed by atoms with E-state index in [-0.39, 0.29) is 12.5 Å². The van der Waals surface area contributed by atoms with Crippen LogP contribution < -0.4 is 5.32 Å². The summed E-state index contributed by atoms with van der Waals surface area (Å²) in [6.07, 6.45) is 2.81. The third-order valence-corrected chi connectivity index (χ3v) is 2.84. The van der Waals surface area contributed by atoms with E-state index in [4.69, 9.17) is 9.47 Å². The molecule has 1 N–H and O–H groups in total. The summed E-state index contributed by atoms with van der Waals surface area (Å²) >= 11 is 0. The lowest BCUT2D eigenvalue weighted by atomic mass is 10.1. The highest BCUT2D eigenvalue weighted by molar-refractivity contribution is 5.83. The minimum atomic E-state index is -0.883. The molecule has 0 bridgehead atoms. The SMILES string of the molecule is CC(C)/C=C/C(NC(=O)OC(C)(C)C)C(=O)OCc1ccccc1. The first-order valence-electron chi connectivity index (χ1n) is 8.06. The summed E-state index contributed by atoms with van der Waals surface area (Å²) < 4.78 is 10.5. The van der Waals surface area contributed by atoms with Crippen molar-refractivity contribution < 1.29 is 19.1 Å². The molecule has 1 unspecified atom stereocenters. The maximum atomic E-state index is 12.3. The van der Waals surface area contributed by atoms with Crippen LogP contribution in [0.25, 0.3) is 0 Å². The van der Waals surface area contributed by atoms with Gasteiger partial charge in [0.25, 0.3) is 0 Å². The molecule has 0 saturated carbocycles. The molecule has 0 aliphatic carbocycles. The molecule has 0 fully saturated rings.